The molecule has 0 aliphatic carbocycles. The summed E-state index contributed by atoms with van der Waals surface area (Å²) >= 11 is 0. The molecule has 0 amide bonds. The maximum Gasteiger partial charge on any atom is 0.295 e. The van der Waals surface area contributed by atoms with Gasteiger partial charge in [0.25, 0.3) is 12.4 Å². The molecule has 0 saturated carbocycles. The van der Waals surface area contributed by atoms with Crippen molar-refractivity contribution in [1.82, 2.24) is 4.40 Å². The Bertz CT molecular complexity index is 2480. The Balaban J connectivity index is 1.56. The van der Waals surface area contributed by atoms with Crippen molar-refractivity contribution in [2.24, 2.45) is 7.05 Å². The van der Waals surface area contributed by atoms with E-state index < -0.39 is 0 Å². The van der Waals surface area contributed by atoms with Gasteiger partial charge in [-0.25, -0.2) is 4.57 Å². The van der Waals surface area contributed by atoms with Gasteiger partial charge in [-0.3, -0.25) is 0 Å². The van der Waals surface area contributed by atoms with Gasteiger partial charge in [0.2, 0.25) is 0 Å². The summed E-state index contributed by atoms with van der Waals surface area (Å²) in [6, 6.07) is 39.8. The highest BCUT2D eigenvalue weighted by atomic mass is 16.5. The minimum atomic E-state index is 0.112. The van der Waals surface area contributed by atoms with Crippen molar-refractivity contribution in [3.63, 3.8) is 0 Å². The second kappa shape index (κ2) is 7.35. The summed E-state index contributed by atoms with van der Waals surface area (Å²) in [5, 5.41) is 6.48. The number of para-hydroxylation sites is 4. The average molecular weight is 523 g/mol. The Labute approximate surface area is 236 Å². The number of hydrogen-bond donors (Lipinski definition) is 0. The van der Waals surface area contributed by atoms with Gasteiger partial charge in [-0.1, -0.05) is 90.4 Å². The molecule has 4 heterocycles. The van der Waals surface area contributed by atoms with E-state index in [0.717, 1.165) is 11.5 Å². The molecule has 41 heavy (non-hydrogen) atoms. The molecule has 6 aromatic carbocycles. The molecule has 2 aliphatic rings. The van der Waals surface area contributed by atoms with E-state index in [-0.39, 0.29) is 6.71 Å². The number of nitrogens with zero attached hydrogens (tertiary/aromatic N) is 2. The predicted octanol–water partition coefficient (Wildman–Crippen LogP) is 6.29. The highest BCUT2D eigenvalue weighted by Crippen LogP contribution is 2.46. The molecule has 0 saturated heterocycles. The number of rotatable bonds is 0. The van der Waals surface area contributed by atoms with Crippen molar-refractivity contribution in [2.75, 3.05) is 0 Å². The lowest BCUT2D eigenvalue weighted by molar-refractivity contribution is -0.617. The van der Waals surface area contributed by atoms with Gasteiger partial charge in [0.05, 0.1) is 12.4 Å². The zero-order valence-electron chi connectivity index (χ0n) is 22.8. The lowest BCUT2D eigenvalue weighted by atomic mass is 9.32. The largest absolute Gasteiger partial charge is 0.458 e. The lowest BCUT2D eigenvalue weighted by Gasteiger charge is -2.35. The summed E-state index contributed by atoms with van der Waals surface area (Å²) in [6.07, 6.45) is 0. The smallest absolute Gasteiger partial charge is 0.295 e. The van der Waals surface area contributed by atoms with Gasteiger partial charge in [-0.15, -0.1) is 0 Å². The fraction of sp³-hybridized carbons (Fsp3) is 0.0541. The molecule has 4 heteroatoms. The lowest BCUT2D eigenvalue weighted by Crippen LogP contribution is -2.57. The van der Waals surface area contributed by atoms with Crippen molar-refractivity contribution in [2.45, 2.75) is 6.92 Å². The van der Waals surface area contributed by atoms with Crippen molar-refractivity contribution in [1.29, 1.82) is 0 Å². The quantitative estimate of drug-likeness (QED) is 0.130. The van der Waals surface area contributed by atoms with Crippen LogP contribution in [0.4, 0.5) is 0 Å². The Morgan fingerprint density at radius 2 is 1.41 bits per heavy atom. The van der Waals surface area contributed by atoms with E-state index in [1.54, 1.807) is 0 Å². The second-order valence-corrected chi connectivity index (χ2v) is 11.5. The van der Waals surface area contributed by atoms with E-state index in [4.69, 9.17) is 4.74 Å². The average Bonchev–Trinajstić information content (AvgIpc) is 3.32. The fourth-order valence-corrected chi connectivity index (χ4v) is 8.05. The fourth-order valence-electron chi connectivity index (χ4n) is 8.05. The van der Waals surface area contributed by atoms with Crippen molar-refractivity contribution < 1.29 is 9.30 Å². The van der Waals surface area contributed by atoms with Crippen LogP contribution in [0, 0.1) is 6.92 Å². The van der Waals surface area contributed by atoms with Gasteiger partial charge in [-0.05, 0) is 64.0 Å². The standard InChI is InChI=1S/C37H24BN2O/c1-21-31-33(23-13-3-5-17-27(23)40-29-19-7-6-18-28(29)39(2)37(31)40)34-24-14-9-11-22-12-10-16-26(32(22)24)38-25-15-4-8-20-30(25)41-36(21)35(34)38/h3-20H,1-2H3/q+1. The van der Waals surface area contributed by atoms with Crippen LogP contribution in [0.2, 0.25) is 0 Å². The zero-order chi connectivity index (χ0) is 27.0. The minimum absolute atomic E-state index is 0.112. The Kier molecular flexibility index (Phi) is 3.89. The molecule has 0 spiro atoms. The van der Waals surface area contributed by atoms with E-state index >= 15 is 0 Å². The van der Waals surface area contributed by atoms with Crippen molar-refractivity contribution >= 4 is 72.2 Å². The number of benzene rings is 6. The number of hydrogen-bond acceptors (Lipinski definition) is 1. The van der Waals surface area contributed by atoms with Crippen LogP contribution < -0.4 is 25.7 Å². The monoisotopic (exact) mass is 523 g/mol. The Morgan fingerprint density at radius 3 is 2.32 bits per heavy atom. The van der Waals surface area contributed by atoms with Crippen molar-refractivity contribution in [3.8, 4) is 22.6 Å². The van der Waals surface area contributed by atoms with Crippen LogP contribution in [-0.4, -0.2) is 11.1 Å². The molecule has 3 nitrogen and oxygen atoms in total. The normalized spacial score (nSPS) is 13.3. The van der Waals surface area contributed by atoms with Gasteiger partial charge < -0.3 is 4.74 Å². The summed E-state index contributed by atoms with van der Waals surface area (Å²) in [7, 11) is 2.20. The summed E-state index contributed by atoms with van der Waals surface area (Å²) in [5.74, 6) is 1.96. The first-order valence-electron chi connectivity index (χ1n) is 14.3. The molecular formula is C37H24BN2O+. The van der Waals surface area contributed by atoms with Crippen LogP contribution in [0.3, 0.4) is 0 Å². The molecule has 190 valence electrons. The molecule has 8 aromatic rings. The zero-order valence-corrected chi connectivity index (χ0v) is 22.8. The number of imidazole rings is 1. The number of fused-ring (bicyclic) bond motifs is 13. The number of aryl methyl sites for hydroxylation is 2. The van der Waals surface area contributed by atoms with Crippen LogP contribution in [-0.2, 0) is 7.05 Å². The maximum atomic E-state index is 6.93. The number of pyridine rings is 1. The third-order valence-corrected chi connectivity index (χ3v) is 9.63. The summed E-state index contributed by atoms with van der Waals surface area (Å²) < 4.78 is 11.7. The molecule has 0 radical (unpaired) electrons. The molecule has 0 atom stereocenters. The number of aromatic nitrogens is 2. The van der Waals surface area contributed by atoms with E-state index in [1.807, 2.05) is 0 Å². The first-order chi connectivity index (χ1) is 20.2. The topological polar surface area (TPSA) is 17.5 Å². The van der Waals surface area contributed by atoms with Gasteiger partial charge in [0, 0.05) is 16.3 Å². The van der Waals surface area contributed by atoms with E-state index in [1.165, 1.54) is 82.2 Å². The molecule has 0 unspecified atom stereocenters. The third-order valence-electron chi connectivity index (χ3n) is 9.63. The molecule has 0 N–H and O–H groups in total. The van der Waals surface area contributed by atoms with Crippen LogP contribution in [0.5, 0.6) is 11.5 Å². The third kappa shape index (κ3) is 2.46. The molecule has 0 fully saturated rings. The van der Waals surface area contributed by atoms with Gasteiger partial charge >= 0.3 is 0 Å². The summed E-state index contributed by atoms with van der Waals surface area (Å²) in [5.41, 5.74) is 12.6. The molecule has 2 aromatic heterocycles. The maximum absolute atomic E-state index is 6.93. The minimum Gasteiger partial charge on any atom is -0.458 e. The highest BCUT2D eigenvalue weighted by Gasteiger charge is 2.42. The second-order valence-electron chi connectivity index (χ2n) is 11.5. The van der Waals surface area contributed by atoms with Gasteiger partial charge in [-0.2, -0.15) is 4.40 Å². The van der Waals surface area contributed by atoms with Crippen LogP contribution >= 0.6 is 0 Å². The van der Waals surface area contributed by atoms with E-state index in [9.17, 15) is 0 Å². The molecule has 0 bridgehead atoms. The van der Waals surface area contributed by atoms with Crippen LogP contribution in [0.1, 0.15) is 5.56 Å². The summed E-state index contributed by atoms with van der Waals surface area (Å²) in [6.45, 7) is 2.37. The van der Waals surface area contributed by atoms with Crippen LogP contribution in [0.25, 0.3) is 60.3 Å². The highest BCUT2D eigenvalue weighted by molar-refractivity contribution is 7.00. The van der Waals surface area contributed by atoms with Gasteiger partial charge in [0.1, 0.15) is 17.0 Å². The van der Waals surface area contributed by atoms with Crippen LogP contribution in [0.15, 0.2) is 109 Å². The predicted molar refractivity (Wildman–Crippen MR) is 170 cm³/mol. The Morgan fingerprint density at radius 1 is 0.683 bits per heavy atom. The first kappa shape index (κ1) is 21.7. The Hall–Kier alpha value is -5.09. The molecule has 10 rings (SSSR count). The molecular weight excluding hydrogens is 499 g/mol. The van der Waals surface area contributed by atoms with E-state index in [0.29, 0.717) is 0 Å². The van der Waals surface area contributed by atoms with Gasteiger partial charge in [0.15, 0.2) is 11.0 Å². The summed E-state index contributed by atoms with van der Waals surface area (Å²) in [4.78, 5) is 0. The van der Waals surface area contributed by atoms with Crippen molar-refractivity contribution in [3.05, 3.63) is 115 Å². The van der Waals surface area contributed by atoms with E-state index in [2.05, 4.69) is 132 Å². The molecule has 2 aliphatic heterocycles. The number of ether oxygens (including phenoxy) is 1. The SMILES string of the molecule is Cc1c2c3c(c4c5ccccc5n5c6ccccc6[n+](C)c5c14)-c1cccc4cccc(c14)B3c1ccccc1O2. The first-order valence-corrected chi connectivity index (χ1v) is 14.3.